The number of rotatable bonds is 6. The Labute approximate surface area is 365 Å². The molecule has 5 heteroatoms. The largest absolute Gasteiger partial charge is 0.456 e. The van der Waals surface area contributed by atoms with E-state index in [4.69, 9.17) is 19.4 Å². The van der Waals surface area contributed by atoms with E-state index in [1.54, 1.807) is 0 Å². The molecule has 0 aliphatic heterocycles. The molecule has 12 aromatic rings. The molecule has 0 amide bonds. The second-order valence-corrected chi connectivity index (χ2v) is 15.9. The highest BCUT2D eigenvalue weighted by Crippen LogP contribution is 2.42. The van der Waals surface area contributed by atoms with Crippen molar-refractivity contribution < 1.29 is 4.42 Å². The van der Waals surface area contributed by atoms with Crippen molar-refractivity contribution in [1.82, 2.24) is 19.5 Å². The van der Waals surface area contributed by atoms with Gasteiger partial charge in [-0.05, 0) is 51.4 Å². The normalized spacial score (nSPS) is 11.4. The van der Waals surface area contributed by atoms with Crippen molar-refractivity contribution in [2.45, 2.75) is 20.3 Å². The Morgan fingerprint density at radius 1 is 0.365 bits per heavy atom. The Morgan fingerprint density at radius 3 is 1.51 bits per heavy atom. The first-order chi connectivity index (χ1) is 31.1. The first-order valence-electron chi connectivity index (χ1n) is 21.6. The maximum atomic E-state index is 6.26. The van der Waals surface area contributed by atoms with E-state index in [9.17, 15) is 0 Å². The Balaban J connectivity index is 0.00000144. The molecule has 0 atom stereocenters. The highest BCUT2D eigenvalue weighted by Gasteiger charge is 2.23. The van der Waals surface area contributed by atoms with Crippen LogP contribution in [0.25, 0.3) is 117 Å². The van der Waals surface area contributed by atoms with Crippen LogP contribution in [0.1, 0.15) is 20.3 Å². The van der Waals surface area contributed by atoms with E-state index in [1.807, 2.05) is 24.3 Å². The van der Waals surface area contributed by atoms with E-state index >= 15 is 0 Å². The molecule has 5 nitrogen and oxygen atoms in total. The summed E-state index contributed by atoms with van der Waals surface area (Å²) in [6.45, 7) is 4.25. The Hall–Kier alpha value is -8.15. The Kier molecular flexibility index (Phi) is 9.63. The number of aromatic nitrogens is 4. The number of benzene rings is 9. The van der Waals surface area contributed by atoms with Crippen LogP contribution >= 0.6 is 0 Å². The van der Waals surface area contributed by atoms with Crippen molar-refractivity contribution in [1.29, 1.82) is 0 Å². The summed E-state index contributed by atoms with van der Waals surface area (Å²) in [7, 11) is 0. The van der Waals surface area contributed by atoms with E-state index in [1.165, 1.54) is 6.42 Å². The second-order valence-electron chi connectivity index (χ2n) is 15.9. The predicted octanol–water partition coefficient (Wildman–Crippen LogP) is 15.8. The maximum absolute atomic E-state index is 6.26. The molecular formula is C58H42N4O. The average Bonchev–Trinajstić information content (AvgIpc) is 3.91. The third-order valence-corrected chi connectivity index (χ3v) is 11.7. The van der Waals surface area contributed by atoms with Crippen LogP contribution in [0.4, 0.5) is 0 Å². The van der Waals surface area contributed by atoms with Gasteiger partial charge in [-0.2, -0.15) is 9.97 Å². The van der Waals surface area contributed by atoms with Crippen molar-refractivity contribution in [3.8, 4) is 62.1 Å². The van der Waals surface area contributed by atoms with Crippen LogP contribution in [0, 0.1) is 0 Å². The topological polar surface area (TPSA) is 56.7 Å². The van der Waals surface area contributed by atoms with Gasteiger partial charge in [-0.3, -0.25) is 4.57 Å². The van der Waals surface area contributed by atoms with Crippen LogP contribution < -0.4 is 0 Å². The molecule has 0 unspecified atom stereocenters. The molecule has 0 spiro atoms. The Bertz CT molecular complexity index is 3490. The zero-order chi connectivity index (χ0) is 42.3. The lowest BCUT2D eigenvalue weighted by molar-refractivity contribution is 0.669. The second kappa shape index (κ2) is 16.0. The van der Waals surface area contributed by atoms with Crippen LogP contribution in [-0.2, 0) is 0 Å². The van der Waals surface area contributed by atoms with Gasteiger partial charge in [-0.15, -0.1) is 0 Å². The standard InChI is InChI=1S/C55H34N4O.C3H8/c1-3-12-35(13-4-1)37-22-26-40(27-23-37)53-56-54(41-28-24-38(25-29-41)36-14-5-2-6-15-36)58-55(57-53)59-51-43-17-8-7-16-39(43)30-32-47(51)46-20-11-19-44(52(46)59)42-31-33-50-48(34-42)45-18-9-10-21-49(45)60-50;1-3-2/h1-34H;3H2,1-2H3. The molecule has 12 rings (SSSR count). The summed E-state index contributed by atoms with van der Waals surface area (Å²) in [5.41, 5.74) is 12.4. The van der Waals surface area contributed by atoms with Crippen LogP contribution in [0.5, 0.6) is 0 Å². The van der Waals surface area contributed by atoms with Gasteiger partial charge in [0.15, 0.2) is 11.6 Å². The van der Waals surface area contributed by atoms with E-state index in [-0.39, 0.29) is 0 Å². The van der Waals surface area contributed by atoms with Crippen molar-refractivity contribution in [3.63, 3.8) is 0 Å². The lowest BCUT2D eigenvalue weighted by Crippen LogP contribution is -2.07. The van der Waals surface area contributed by atoms with Crippen molar-refractivity contribution >= 4 is 54.5 Å². The van der Waals surface area contributed by atoms with Crippen LogP contribution in [0.3, 0.4) is 0 Å². The van der Waals surface area contributed by atoms with E-state index in [2.05, 4.69) is 200 Å². The molecule has 0 bridgehead atoms. The summed E-state index contributed by atoms with van der Waals surface area (Å²) in [6, 6.07) is 72.2. The highest BCUT2D eigenvalue weighted by atomic mass is 16.3. The monoisotopic (exact) mass is 810 g/mol. The molecule has 0 saturated heterocycles. The first kappa shape index (κ1) is 37.8. The van der Waals surface area contributed by atoms with Crippen molar-refractivity contribution in [2.24, 2.45) is 0 Å². The number of hydrogen-bond donors (Lipinski definition) is 0. The zero-order valence-electron chi connectivity index (χ0n) is 35.0. The summed E-state index contributed by atoms with van der Waals surface area (Å²) in [4.78, 5) is 16.0. The van der Waals surface area contributed by atoms with Crippen molar-refractivity contribution in [3.05, 3.63) is 206 Å². The number of para-hydroxylation sites is 2. The van der Waals surface area contributed by atoms with Gasteiger partial charge in [0.05, 0.1) is 11.0 Å². The summed E-state index contributed by atoms with van der Waals surface area (Å²) in [5, 5.41) is 6.68. The van der Waals surface area contributed by atoms with E-state index in [0.717, 1.165) is 99.0 Å². The molecule has 0 fully saturated rings. The van der Waals surface area contributed by atoms with Gasteiger partial charge in [-0.25, -0.2) is 4.98 Å². The molecule has 9 aromatic carbocycles. The molecule has 0 aliphatic carbocycles. The van der Waals surface area contributed by atoms with Gasteiger partial charge in [0.1, 0.15) is 11.2 Å². The molecule has 0 N–H and O–H groups in total. The highest BCUT2D eigenvalue weighted by molar-refractivity contribution is 6.21. The zero-order valence-corrected chi connectivity index (χ0v) is 35.0. The minimum atomic E-state index is 0.549. The maximum Gasteiger partial charge on any atom is 0.238 e. The van der Waals surface area contributed by atoms with Gasteiger partial charge in [0.2, 0.25) is 5.95 Å². The lowest BCUT2D eigenvalue weighted by Gasteiger charge is -2.14. The summed E-state index contributed by atoms with van der Waals surface area (Å²) < 4.78 is 8.53. The van der Waals surface area contributed by atoms with Gasteiger partial charge in [0, 0.05) is 43.6 Å². The molecule has 0 aliphatic rings. The quantitative estimate of drug-likeness (QED) is 0.168. The molecule has 3 aromatic heterocycles. The number of hydrogen-bond acceptors (Lipinski definition) is 4. The molecule has 0 saturated carbocycles. The third-order valence-electron chi connectivity index (χ3n) is 11.7. The van der Waals surface area contributed by atoms with E-state index < -0.39 is 0 Å². The SMILES string of the molecule is CCC.c1ccc(-c2ccc(-c3nc(-c4ccc(-c5ccccc5)cc4)nc(-n4c5c(-c6ccc7oc8ccccc8c7c6)cccc5c5ccc6ccccc6c54)n3)cc2)cc1. The average molecular weight is 811 g/mol. The molecule has 63 heavy (non-hydrogen) atoms. The number of nitrogens with zero attached hydrogens (tertiary/aromatic N) is 4. The fourth-order valence-electron chi connectivity index (χ4n) is 8.76. The minimum Gasteiger partial charge on any atom is -0.456 e. The van der Waals surface area contributed by atoms with Crippen LogP contribution in [0.15, 0.2) is 211 Å². The molecule has 300 valence electrons. The fourth-order valence-corrected chi connectivity index (χ4v) is 8.76. The van der Waals surface area contributed by atoms with Gasteiger partial charge in [-0.1, -0.05) is 208 Å². The number of fused-ring (bicyclic) bond motifs is 8. The molecule has 0 radical (unpaired) electrons. The Morgan fingerprint density at radius 2 is 0.857 bits per heavy atom. The molecule has 3 heterocycles. The van der Waals surface area contributed by atoms with Crippen molar-refractivity contribution in [2.75, 3.05) is 0 Å². The first-order valence-corrected chi connectivity index (χ1v) is 21.6. The minimum absolute atomic E-state index is 0.549. The summed E-state index contributed by atoms with van der Waals surface area (Å²) in [5.74, 6) is 1.74. The van der Waals surface area contributed by atoms with E-state index in [0.29, 0.717) is 17.6 Å². The van der Waals surface area contributed by atoms with Crippen LogP contribution in [0.2, 0.25) is 0 Å². The van der Waals surface area contributed by atoms with Crippen LogP contribution in [-0.4, -0.2) is 19.5 Å². The predicted molar refractivity (Wildman–Crippen MR) is 262 cm³/mol. The smallest absolute Gasteiger partial charge is 0.238 e. The summed E-state index contributed by atoms with van der Waals surface area (Å²) in [6.07, 6.45) is 1.25. The number of furan rings is 1. The van der Waals surface area contributed by atoms with Gasteiger partial charge in [0.25, 0.3) is 0 Å². The van der Waals surface area contributed by atoms with Gasteiger partial charge < -0.3 is 4.42 Å². The third kappa shape index (κ3) is 6.81. The molecular weight excluding hydrogens is 769 g/mol. The fraction of sp³-hybridized carbons (Fsp3) is 0.0517. The lowest BCUT2D eigenvalue weighted by atomic mass is 9.99. The summed E-state index contributed by atoms with van der Waals surface area (Å²) >= 11 is 0. The van der Waals surface area contributed by atoms with Gasteiger partial charge >= 0.3 is 0 Å².